The summed E-state index contributed by atoms with van der Waals surface area (Å²) in [5.41, 5.74) is 7.32. The van der Waals surface area contributed by atoms with Crippen molar-refractivity contribution < 1.29 is 26.3 Å². The van der Waals surface area contributed by atoms with Gasteiger partial charge in [0.1, 0.15) is 0 Å². The molecule has 12 heteroatoms. The molecule has 1 aliphatic heterocycles. The molecule has 0 amide bonds. The summed E-state index contributed by atoms with van der Waals surface area (Å²) in [6.07, 6.45) is 0.966. The van der Waals surface area contributed by atoms with E-state index in [1.54, 1.807) is 36.9 Å². The fourth-order valence-corrected chi connectivity index (χ4v) is 7.97. The maximum atomic E-state index is 13.7. The third kappa shape index (κ3) is 5.99. The topological polar surface area (TPSA) is 60.9 Å². The van der Waals surface area contributed by atoms with E-state index in [9.17, 15) is 26.3 Å². The number of halogens is 6. The van der Waals surface area contributed by atoms with Crippen molar-refractivity contribution >= 4 is 55.0 Å². The molecule has 0 bridgehead atoms. The molecular weight excluding hydrogens is 751 g/mol. The van der Waals surface area contributed by atoms with Gasteiger partial charge in [0.25, 0.3) is 0 Å². The second-order valence-corrected chi connectivity index (χ2v) is 14.1. The van der Waals surface area contributed by atoms with Gasteiger partial charge in [-0.2, -0.15) is 26.3 Å². The van der Waals surface area contributed by atoms with Crippen molar-refractivity contribution in [2.75, 3.05) is 0 Å². The van der Waals surface area contributed by atoms with Crippen molar-refractivity contribution in [3.63, 3.8) is 0 Å². The van der Waals surface area contributed by atoms with E-state index in [4.69, 9.17) is 9.98 Å². The standard InChI is InChI=1S/C46H28F6N6/c47-45(48,49)29-13-15-41-35(23-29)33-17-19-53-25-43(33)57(41)31-7-1-5-27(21-31)37-9-3-11-39(55-37)40-12-4-10-38(56-40)28-6-2-8-32(22-28)58-42-16-14-30(46(50,51)52)24-36(42)34-18-20-54-26-44(34)58/h1-3,5-11,13-26H,4,12H2. The molecule has 284 valence electrons. The van der Waals surface area contributed by atoms with Crippen LogP contribution in [0.4, 0.5) is 26.3 Å². The van der Waals surface area contributed by atoms with Crippen LogP contribution in [0.5, 0.6) is 0 Å². The predicted octanol–water partition coefficient (Wildman–Crippen LogP) is 12.4. The first-order chi connectivity index (χ1) is 28.0. The molecule has 0 atom stereocenters. The maximum Gasteiger partial charge on any atom is 0.416 e. The van der Waals surface area contributed by atoms with E-state index in [-0.39, 0.29) is 0 Å². The van der Waals surface area contributed by atoms with Crippen molar-refractivity contribution in [1.82, 2.24) is 24.1 Å². The number of allylic oxidation sites excluding steroid dienone is 1. The summed E-state index contributed by atoms with van der Waals surface area (Å²) in [6.45, 7) is 0. The number of benzene rings is 4. The molecule has 10 rings (SSSR count). The third-order valence-electron chi connectivity index (χ3n) is 10.6. The van der Waals surface area contributed by atoms with Gasteiger partial charge >= 0.3 is 12.4 Å². The van der Waals surface area contributed by atoms with Crippen LogP contribution >= 0.6 is 0 Å². The number of pyridine rings is 3. The minimum atomic E-state index is -4.48. The van der Waals surface area contributed by atoms with Gasteiger partial charge in [-0.1, -0.05) is 36.4 Å². The van der Waals surface area contributed by atoms with Gasteiger partial charge in [0.15, 0.2) is 0 Å². The van der Waals surface area contributed by atoms with Gasteiger partial charge in [0.05, 0.1) is 68.4 Å². The van der Waals surface area contributed by atoms with Crippen LogP contribution in [0, 0.1) is 0 Å². The Labute approximate surface area is 326 Å². The molecule has 0 spiro atoms. The van der Waals surface area contributed by atoms with Crippen molar-refractivity contribution in [2.24, 2.45) is 4.99 Å². The molecule has 9 aromatic rings. The lowest BCUT2D eigenvalue weighted by Crippen LogP contribution is -2.08. The number of hydrogen-bond donors (Lipinski definition) is 0. The van der Waals surface area contributed by atoms with Crippen LogP contribution in [0.25, 0.3) is 71.9 Å². The lowest BCUT2D eigenvalue weighted by Gasteiger charge is -2.15. The summed E-state index contributed by atoms with van der Waals surface area (Å²) in [7, 11) is 0. The van der Waals surface area contributed by atoms with Gasteiger partial charge in [-0.25, -0.2) is 4.98 Å². The second kappa shape index (κ2) is 13.3. The lowest BCUT2D eigenvalue weighted by molar-refractivity contribution is -0.138. The Hall–Kier alpha value is -7.08. The van der Waals surface area contributed by atoms with Crippen LogP contribution in [0.1, 0.15) is 35.2 Å². The first-order valence-electron chi connectivity index (χ1n) is 18.4. The van der Waals surface area contributed by atoms with E-state index in [2.05, 4.69) is 16.0 Å². The molecule has 0 saturated carbocycles. The molecule has 4 aromatic carbocycles. The Morgan fingerprint density at radius 3 is 1.62 bits per heavy atom. The number of nitrogens with zero attached hydrogens (tertiary/aromatic N) is 6. The monoisotopic (exact) mass is 778 g/mol. The van der Waals surface area contributed by atoms with Gasteiger partial charge < -0.3 is 9.13 Å². The minimum absolute atomic E-state index is 0.481. The van der Waals surface area contributed by atoms with Crippen molar-refractivity contribution in [1.29, 1.82) is 0 Å². The number of alkyl halides is 6. The van der Waals surface area contributed by atoms with Crippen molar-refractivity contribution in [2.45, 2.75) is 25.2 Å². The second-order valence-electron chi connectivity index (χ2n) is 14.1. The summed E-state index contributed by atoms with van der Waals surface area (Å²) in [4.78, 5) is 18.7. The largest absolute Gasteiger partial charge is 0.416 e. The van der Waals surface area contributed by atoms with E-state index in [0.717, 1.165) is 52.5 Å². The Morgan fingerprint density at radius 2 is 1.03 bits per heavy atom. The smallest absolute Gasteiger partial charge is 0.308 e. The van der Waals surface area contributed by atoms with Gasteiger partial charge in [-0.15, -0.1) is 0 Å². The average molecular weight is 779 g/mol. The van der Waals surface area contributed by atoms with Crippen LogP contribution in [0.2, 0.25) is 0 Å². The number of rotatable bonds is 5. The fraction of sp³-hybridized carbons (Fsp3) is 0.0870. The Balaban J connectivity index is 0.997. The van der Waals surface area contributed by atoms with Crippen molar-refractivity contribution in [3.05, 3.63) is 169 Å². The maximum absolute atomic E-state index is 13.7. The molecular formula is C46H28F6N6. The zero-order valence-electron chi connectivity index (χ0n) is 30.2. The first kappa shape index (κ1) is 35.3. The van der Waals surface area contributed by atoms with Gasteiger partial charge in [-0.3, -0.25) is 15.0 Å². The van der Waals surface area contributed by atoms with E-state index in [1.807, 2.05) is 75.9 Å². The average Bonchev–Trinajstić information content (AvgIpc) is 3.76. The van der Waals surface area contributed by atoms with E-state index in [1.165, 1.54) is 24.3 Å². The van der Waals surface area contributed by atoms with Gasteiger partial charge in [0.2, 0.25) is 0 Å². The number of fused-ring (bicyclic) bond motifs is 6. The highest BCUT2D eigenvalue weighted by molar-refractivity contribution is 6.10. The number of hydrogen-bond acceptors (Lipinski definition) is 4. The predicted molar refractivity (Wildman–Crippen MR) is 214 cm³/mol. The third-order valence-corrected chi connectivity index (χ3v) is 10.6. The number of aromatic nitrogens is 5. The molecule has 5 aromatic heterocycles. The zero-order chi connectivity index (χ0) is 39.8. The van der Waals surface area contributed by atoms with Crippen LogP contribution in [0.15, 0.2) is 151 Å². The highest BCUT2D eigenvalue weighted by Crippen LogP contribution is 2.39. The molecule has 1 aliphatic rings. The van der Waals surface area contributed by atoms with Gasteiger partial charge in [-0.05, 0) is 97.8 Å². The van der Waals surface area contributed by atoms with Crippen molar-refractivity contribution in [3.8, 4) is 22.6 Å². The molecule has 6 nitrogen and oxygen atoms in total. The van der Waals surface area contributed by atoms with Gasteiger partial charge in [0, 0.05) is 56.4 Å². The molecule has 0 unspecified atom stereocenters. The molecule has 6 heterocycles. The van der Waals surface area contributed by atoms with E-state index < -0.39 is 23.5 Å². The Bertz CT molecular complexity index is 3170. The van der Waals surface area contributed by atoms with Crippen LogP contribution in [0.3, 0.4) is 0 Å². The Kier molecular flexibility index (Phi) is 8.08. The molecule has 0 N–H and O–H groups in total. The summed E-state index contributed by atoms with van der Waals surface area (Å²) in [5, 5.41) is 2.30. The van der Waals surface area contributed by atoms with Crippen LogP contribution < -0.4 is 0 Å². The fourth-order valence-electron chi connectivity index (χ4n) is 7.97. The van der Waals surface area contributed by atoms with Crippen LogP contribution in [-0.4, -0.2) is 29.8 Å². The summed E-state index contributed by atoms with van der Waals surface area (Å²) in [5.74, 6) is 0. The highest BCUT2D eigenvalue weighted by atomic mass is 19.4. The van der Waals surface area contributed by atoms with E-state index >= 15 is 0 Å². The highest BCUT2D eigenvalue weighted by Gasteiger charge is 2.32. The molecule has 58 heavy (non-hydrogen) atoms. The zero-order valence-corrected chi connectivity index (χ0v) is 30.2. The Morgan fingerprint density at radius 1 is 0.500 bits per heavy atom. The lowest BCUT2D eigenvalue weighted by atomic mass is 10.0. The summed E-state index contributed by atoms with van der Waals surface area (Å²) < 4.78 is 86.0. The summed E-state index contributed by atoms with van der Waals surface area (Å²) in [6, 6.07) is 32.2. The molecule has 0 aliphatic carbocycles. The first-order valence-corrected chi connectivity index (χ1v) is 18.4. The summed E-state index contributed by atoms with van der Waals surface area (Å²) >= 11 is 0. The molecule has 0 fully saturated rings. The molecule has 0 saturated heterocycles. The van der Waals surface area contributed by atoms with Crippen LogP contribution in [-0.2, 0) is 12.4 Å². The molecule has 0 radical (unpaired) electrons. The van der Waals surface area contributed by atoms with E-state index in [0.29, 0.717) is 61.4 Å². The minimum Gasteiger partial charge on any atom is -0.308 e. The SMILES string of the molecule is FC(F)(F)c1ccc2c(c1)c1ccncc1n2-c1cccc(C2=CCCC(c3cccc(-c4cccc(-n5c6ccc(C(F)(F)F)cc6c6ccncc65)c4)n3)=N2)c1. The normalized spacial score (nSPS) is 13.8. The quantitative estimate of drug-likeness (QED) is 0.164. The number of aliphatic imine (C=N–C) groups is 1.